The first-order valence-corrected chi connectivity index (χ1v) is 27.3. The molecule has 0 aromatic heterocycles. The average Bonchev–Trinajstić information content (AvgIpc) is 3.25. The predicted octanol–water partition coefficient (Wildman–Crippen LogP) is 14.7. The molecule has 0 unspecified atom stereocenters. The van der Waals surface area contributed by atoms with Gasteiger partial charge in [0.15, 0.2) is 0 Å². The van der Waals surface area contributed by atoms with Gasteiger partial charge in [0, 0.05) is 24.0 Å². The topological polar surface area (TPSA) is 141 Å². The van der Waals surface area contributed by atoms with Crippen LogP contribution in [0.25, 0.3) is 0 Å². The minimum absolute atomic E-state index is 0. The van der Waals surface area contributed by atoms with Gasteiger partial charge < -0.3 is 34.8 Å². The first kappa shape index (κ1) is 72.3. The summed E-state index contributed by atoms with van der Waals surface area (Å²) in [6.45, 7) is 10.2. The fraction of sp³-hybridized carbons (Fsp3) is 0.842. The van der Waals surface area contributed by atoms with Crippen LogP contribution in [0.4, 0.5) is 0 Å². The van der Waals surface area contributed by atoms with Crippen LogP contribution in [0, 0.1) is 0 Å². The van der Waals surface area contributed by atoms with Crippen molar-refractivity contribution in [2.45, 2.75) is 310 Å². The summed E-state index contributed by atoms with van der Waals surface area (Å²) in [6.07, 6.45) is 62.5. The van der Waals surface area contributed by atoms with Crippen LogP contribution in [-0.4, -0.2) is 29.1 Å². The van der Waals surface area contributed by atoms with E-state index in [9.17, 15) is 29.7 Å². The third-order valence-electron chi connectivity index (χ3n) is 10.9. The van der Waals surface area contributed by atoms with Crippen molar-refractivity contribution >= 4 is 17.9 Å². The summed E-state index contributed by atoms with van der Waals surface area (Å²) in [5.41, 5.74) is 0. The molecule has 0 aliphatic carbocycles. The fourth-order valence-corrected chi connectivity index (χ4v) is 7.02. The third kappa shape index (κ3) is 93.2. The van der Waals surface area contributed by atoms with Gasteiger partial charge in [0.25, 0.3) is 0 Å². The fourth-order valence-electron chi connectivity index (χ4n) is 7.02. The van der Waals surface area contributed by atoms with Crippen molar-refractivity contribution < 1.29 is 56.5 Å². The maximum atomic E-state index is 10.2. The van der Waals surface area contributed by atoms with Gasteiger partial charge in [-0.15, -0.1) is 0 Å². The molecular formula is C57H107O7Ti. The molecule has 0 fully saturated rings. The smallest absolute Gasteiger partial charge is 0.550 e. The summed E-state index contributed by atoms with van der Waals surface area (Å²) in [4.78, 5) is 30.6. The maximum Gasteiger partial charge on any atom is 3.00 e. The molecule has 0 aromatic carbocycles. The number of carbonyl (C=O) groups is 3. The van der Waals surface area contributed by atoms with E-state index < -0.39 is 17.9 Å². The van der Waals surface area contributed by atoms with Gasteiger partial charge in [-0.05, 0) is 129 Å². The van der Waals surface area contributed by atoms with Crippen LogP contribution in [-0.2, 0) is 36.1 Å². The molecule has 0 saturated carbocycles. The van der Waals surface area contributed by atoms with E-state index in [0.29, 0.717) is 0 Å². The largest absolute Gasteiger partial charge is 3.00 e. The van der Waals surface area contributed by atoms with E-state index in [2.05, 4.69) is 57.2 Å². The Morgan fingerprint density at radius 3 is 0.615 bits per heavy atom. The molecule has 0 aliphatic heterocycles. The summed E-state index contributed by atoms with van der Waals surface area (Å²) >= 11 is 0. The Morgan fingerprint density at radius 1 is 0.323 bits per heavy atom. The van der Waals surface area contributed by atoms with Crippen LogP contribution in [0.3, 0.4) is 0 Å². The molecule has 0 bridgehead atoms. The van der Waals surface area contributed by atoms with E-state index in [1.807, 2.05) is 0 Å². The standard InChI is InChI=1S/3C18H34O2.C3H8O.Ti/c3*1-2-3-4-5-6-7-8-9-10-11-12-13-14-15-16-17-18(19)20;1-3(2)4;/h3*9-10H,2-8,11-17H2,1H3,(H,19,20);3-4H,1-2H3;/q;;;;+3/p-3. The summed E-state index contributed by atoms with van der Waals surface area (Å²) < 4.78 is 0. The number of carbonyl (C=O) groups excluding carboxylic acids is 3. The van der Waals surface area contributed by atoms with E-state index >= 15 is 0 Å². The van der Waals surface area contributed by atoms with Gasteiger partial charge in [-0.2, -0.15) is 0 Å². The Hall–Kier alpha value is -1.70. The summed E-state index contributed by atoms with van der Waals surface area (Å²) in [6, 6.07) is 0. The van der Waals surface area contributed by atoms with Gasteiger partial charge in [0.1, 0.15) is 0 Å². The number of carboxylic acid groups (broad SMARTS) is 3. The normalized spacial score (nSPS) is 10.9. The van der Waals surface area contributed by atoms with Crippen LogP contribution < -0.4 is 15.3 Å². The van der Waals surface area contributed by atoms with Crippen molar-refractivity contribution in [1.29, 1.82) is 0 Å². The Kier molecular flexibility index (Phi) is 76.6. The second-order valence-corrected chi connectivity index (χ2v) is 18.2. The molecule has 0 heterocycles. The Balaban J connectivity index is -0.000000263. The number of allylic oxidation sites excluding steroid dienone is 6. The molecule has 381 valence electrons. The number of aliphatic hydroxyl groups excluding tert-OH is 1. The second-order valence-electron chi connectivity index (χ2n) is 18.2. The Labute approximate surface area is 419 Å². The number of aliphatic carboxylic acids is 3. The molecule has 7 nitrogen and oxygen atoms in total. The molecule has 0 spiro atoms. The van der Waals surface area contributed by atoms with E-state index in [-0.39, 0.29) is 47.1 Å². The van der Waals surface area contributed by atoms with Gasteiger partial charge in [-0.3, -0.25) is 0 Å². The molecule has 0 rings (SSSR count). The van der Waals surface area contributed by atoms with Crippen molar-refractivity contribution in [2.24, 2.45) is 0 Å². The number of unbranched alkanes of at least 4 members (excludes halogenated alkanes) is 33. The number of aliphatic hydroxyl groups is 1. The quantitative estimate of drug-likeness (QED) is 0.0364. The Bertz CT molecular complexity index is 872. The molecule has 0 amide bonds. The number of carboxylic acids is 3. The monoisotopic (exact) mass is 952 g/mol. The molecule has 1 radical (unpaired) electrons. The molecule has 0 aromatic rings. The first-order chi connectivity index (χ1) is 31.0. The van der Waals surface area contributed by atoms with Crippen molar-refractivity contribution in [3.63, 3.8) is 0 Å². The second kappa shape index (κ2) is 68.9. The van der Waals surface area contributed by atoms with Crippen molar-refractivity contribution in [2.75, 3.05) is 0 Å². The zero-order chi connectivity index (χ0) is 48.3. The summed E-state index contributed by atoms with van der Waals surface area (Å²) in [7, 11) is 0. The van der Waals surface area contributed by atoms with Gasteiger partial charge >= 0.3 is 21.7 Å². The van der Waals surface area contributed by atoms with E-state index in [0.717, 1.165) is 57.8 Å². The van der Waals surface area contributed by atoms with Crippen molar-refractivity contribution in [3.05, 3.63) is 36.5 Å². The molecule has 0 atom stereocenters. The van der Waals surface area contributed by atoms with Crippen LogP contribution in [0.2, 0.25) is 0 Å². The average molecular weight is 952 g/mol. The van der Waals surface area contributed by atoms with Crippen molar-refractivity contribution in [3.8, 4) is 0 Å². The minimum Gasteiger partial charge on any atom is -0.550 e. The molecule has 0 saturated heterocycles. The Morgan fingerprint density at radius 2 is 0.462 bits per heavy atom. The number of hydrogen-bond acceptors (Lipinski definition) is 7. The molecule has 65 heavy (non-hydrogen) atoms. The SMILES string of the molecule is CC(C)O.CCCCCCCCC=CCCCCCCCC(=O)[O-].CCCCCCCCC=CCCCCCCCC(=O)[O-].CCCCCCCCC=CCCCCCCCC(=O)[O-].[Ti+3]. The number of rotatable bonds is 45. The first-order valence-electron chi connectivity index (χ1n) is 27.3. The van der Waals surface area contributed by atoms with Gasteiger partial charge in [-0.25, -0.2) is 0 Å². The summed E-state index contributed by atoms with van der Waals surface area (Å²) in [5.74, 6) is -2.74. The predicted molar refractivity (Wildman–Crippen MR) is 271 cm³/mol. The van der Waals surface area contributed by atoms with E-state index in [1.165, 1.54) is 193 Å². The van der Waals surface area contributed by atoms with E-state index in [1.54, 1.807) is 13.8 Å². The third-order valence-corrected chi connectivity index (χ3v) is 10.9. The zero-order valence-corrected chi connectivity index (χ0v) is 45.2. The molecule has 1 N–H and O–H groups in total. The minimum atomic E-state index is -0.914. The van der Waals surface area contributed by atoms with Crippen LogP contribution >= 0.6 is 0 Å². The summed E-state index contributed by atoms with van der Waals surface area (Å²) in [5, 5.41) is 38.7. The van der Waals surface area contributed by atoms with Gasteiger partial charge in [-0.1, -0.05) is 211 Å². The van der Waals surface area contributed by atoms with Crippen LogP contribution in [0.5, 0.6) is 0 Å². The zero-order valence-electron chi connectivity index (χ0n) is 43.6. The van der Waals surface area contributed by atoms with Crippen molar-refractivity contribution in [1.82, 2.24) is 0 Å². The van der Waals surface area contributed by atoms with Gasteiger partial charge in [0.05, 0.1) is 0 Å². The van der Waals surface area contributed by atoms with Crippen LogP contribution in [0.15, 0.2) is 36.5 Å². The molecule has 0 aliphatic rings. The maximum absolute atomic E-state index is 10.2. The molecule has 8 heteroatoms. The van der Waals surface area contributed by atoms with E-state index in [4.69, 9.17) is 5.11 Å². The van der Waals surface area contributed by atoms with Gasteiger partial charge in [0.2, 0.25) is 0 Å². The number of hydrogen-bond donors (Lipinski definition) is 1. The molecular weight excluding hydrogens is 844 g/mol. The van der Waals surface area contributed by atoms with Crippen LogP contribution in [0.1, 0.15) is 304 Å².